The molecule has 0 bridgehead atoms. The van der Waals surface area contributed by atoms with Crippen LogP contribution in [0.25, 0.3) is 0 Å². The van der Waals surface area contributed by atoms with Crippen molar-refractivity contribution in [1.29, 1.82) is 0 Å². The van der Waals surface area contributed by atoms with Gasteiger partial charge in [-0.25, -0.2) is 13.4 Å². The molecule has 0 aliphatic rings. The van der Waals surface area contributed by atoms with E-state index in [0.717, 1.165) is 0 Å². The number of nitrogens with zero attached hydrogens (tertiary/aromatic N) is 1. The predicted molar refractivity (Wildman–Crippen MR) is 90.2 cm³/mol. The van der Waals surface area contributed by atoms with Crippen LogP contribution in [0.5, 0.6) is 0 Å². The summed E-state index contributed by atoms with van der Waals surface area (Å²) in [5.74, 6) is 0. The molecule has 0 amide bonds. The summed E-state index contributed by atoms with van der Waals surface area (Å²) in [6, 6.07) is 2.87. The number of hydrogen-bond acceptors (Lipinski definition) is 6. The van der Waals surface area contributed by atoms with Crippen molar-refractivity contribution < 1.29 is 13.2 Å². The fourth-order valence-corrected chi connectivity index (χ4v) is 4.97. The third kappa shape index (κ3) is 3.29. The van der Waals surface area contributed by atoms with Gasteiger partial charge in [-0.3, -0.25) is 0 Å². The largest absolute Gasteiger partial charge is 0.486 e. The van der Waals surface area contributed by atoms with Gasteiger partial charge in [0.25, 0.3) is 0 Å². The van der Waals surface area contributed by atoms with Crippen LogP contribution < -0.4 is 0 Å². The molecule has 0 unspecified atom stereocenters. The standard InChI is InChI=1S/C12H9BrClNO3S3/c1-6-10(4-9(20-6)12(19)18-2)21(16,17)7-3-8(14)11(13)15-5-7/h3-5H,1-2H3. The summed E-state index contributed by atoms with van der Waals surface area (Å²) in [7, 11) is -2.25. The molecule has 0 N–H and O–H groups in total. The molecule has 0 saturated carbocycles. The van der Waals surface area contributed by atoms with E-state index in [4.69, 9.17) is 28.6 Å². The lowest BCUT2D eigenvalue weighted by Gasteiger charge is -2.04. The minimum Gasteiger partial charge on any atom is -0.486 e. The van der Waals surface area contributed by atoms with Gasteiger partial charge in [0, 0.05) is 11.1 Å². The number of rotatable bonds is 3. The highest BCUT2D eigenvalue weighted by molar-refractivity contribution is 9.10. The maximum Gasteiger partial charge on any atom is 0.209 e. The monoisotopic (exact) mass is 425 g/mol. The summed E-state index contributed by atoms with van der Waals surface area (Å²) in [5, 5.41) is 0.494. The Morgan fingerprint density at radius 3 is 2.71 bits per heavy atom. The van der Waals surface area contributed by atoms with Crippen LogP contribution in [-0.2, 0) is 14.6 Å². The number of aromatic nitrogens is 1. The van der Waals surface area contributed by atoms with Crippen LogP contribution >= 0.6 is 51.1 Å². The zero-order chi connectivity index (χ0) is 15.8. The Balaban J connectivity index is 2.56. The molecule has 9 heteroatoms. The number of hydrogen-bond donors (Lipinski definition) is 0. The number of thiocarbonyl (C=S) groups is 1. The Bertz CT molecular complexity index is 817. The van der Waals surface area contributed by atoms with Crippen molar-refractivity contribution in [2.45, 2.75) is 16.7 Å². The average molecular weight is 427 g/mol. The molecule has 0 spiro atoms. The Kier molecular flexibility index (Phi) is 5.04. The van der Waals surface area contributed by atoms with Crippen LogP contribution in [0.2, 0.25) is 5.02 Å². The molecule has 2 rings (SSSR count). The summed E-state index contributed by atoms with van der Waals surface area (Å²) >= 11 is 15.3. The Labute approximate surface area is 145 Å². The van der Waals surface area contributed by atoms with Gasteiger partial charge in [-0.2, -0.15) is 0 Å². The molecular formula is C12H9BrClNO3S3. The van der Waals surface area contributed by atoms with E-state index in [1.807, 2.05) is 0 Å². The molecule has 0 atom stereocenters. The van der Waals surface area contributed by atoms with Crippen molar-refractivity contribution in [1.82, 2.24) is 4.98 Å². The smallest absolute Gasteiger partial charge is 0.209 e. The van der Waals surface area contributed by atoms with Crippen molar-refractivity contribution in [2.24, 2.45) is 0 Å². The van der Waals surface area contributed by atoms with Gasteiger partial charge >= 0.3 is 0 Å². The van der Waals surface area contributed by atoms with Crippen molar-refractivity contribution in [3.05, 3.63) is 37.7 Å². The molecule has 4 nitrogen and oxygen atoms in total. The van der Waals surface area contributed by atoms with Crippen molar-refractivity contribution in [2.75, 3.05) is 7.11 Å². The molecule has 0 radical (unpaired) electrons. The quantitative estimate of drug-likeness (QED) is 0.548. The molecule has 2 aromatic rings. The van der Waals surface area contributed by atoms with E-state index in [0.29, 0.717) is 14.4 Å². The molecule has 21 heavy (non-hydrogen) atoms. The first-order chi connectivity index (χ1) is 9.77. The maximum atomic E-state index is 12.7. The second-order valence-corrected chi connectivity index (χ2v) is 8.67. The lowest BCUT2D eigenvalue weighted by Crippen LogP contribution is -2.03. The van der Waals surface area contributed by atoms with E-state index >= 15 is 0 Å². The minimum atomic E-state index is -3.70. The highest BCUT2D eigenvalue weighted by Crippen LogP contribution is 2.32. The molecule has 2 aromatic heterocycles. The number of sulfone groups is 1. The summed E-state index contributed by atoms with van der Waals surface area (Å²) in [6.45, 7) is 1.72. The molecule has 0 aliphatic heterocycles. The number of aryl methyl sites for hydroxylation is 1. The number of pyridine rings is 1. The highest BCUT2D eigenvalue weighted by atomic mass is 79.9. The molecule has 0 saturated heterocycles. The molecule has 2 heterocycles. The zero-order valence-corrected chi connectivity index (χ0v) is 15.7. The van der Waals surface area contributed by atoms with Gasteiger partial charge in [0.15, 0.2) is 0 Å². The Morgan fingerprint density at radius 1 is 1.48 bits per heavy atom. The van der Waals surface area contributed by atoms with E-state index in [1.165, 1.54) is 36.8 Å². The summed E-state index contributed by atoms with van der Waals surface area (Å²) in [5.41, 5.74) is 0. The number of methoxy groups -OCH3 is 1. The molecule has 0 aliphatic carbocycles. The minimum absolute atomic E-state index is 0.0338. The predicted octanol–water partition coefficient (Wildman–Crippen LogP) is 4.02. The average Bonchev–Trinajstić information content (AvgIpc) is 2.83. The van der Waals surface area contributed by atoms with Crippen LogP contribution in [0, 0.1) is 6.92 Å². The van der Waals surface area contributed by atoms with Gasteiger partial charge in [-0.1, -0.05) is 11.6 Å². The molecule has 112 valence electrons. The fraction of sp³-hybridized carbons (Fsp3) is 0.167. The third-order valence-electron chi connectivity index (χ3n) is 2.63. The van der Waals surface area contributed by atoms with Gasteiger partial charge in [0.2, 0.25) is 14.9 Å². The first-order valence-electron chi connectivity index (χ1n) is 5.52. The molecule has 0 aromatic carbocycles. The fourth-order valence-electron chi connectivity index (χ4n) is 1.61. The zero-order valence-electron chi connectivity index (χ0n) is 10.9. The first-order valence-corrected chi connectivity index (χ1v) is 9.40. The van der Waals surface area contributed by atoms with Crippen LogP contribution in [0.3, 0.4) is 0 Å². The summed E-state index contributed by atoms with van der Waals surface area (Å²) in [4.78, 5) is 5.36. The lowest BCUT2D eigenvalue weighted by molar-refractivity contribution is 0.417. The van der Waals surface area contributed by atoms with E-state index in [2.05, 4.69) is 20.9 Å². The molecule has 0 fully saturated rings. The van der Waals surface area contributed by atoms with Gasteiger partial charge in [-0.15, -0.1) is 11.3 Å². The van der Waals surface area contributed by atoms with Crippen LogP contribution in [0.1, 0.15) is 9.75 Å². The second-order valence-electron chi connectivity index (χ2n) is 3.97. The van der Waals surface area contributed by atoms with Crippen LogP contribution in [0.15, 0.2) is 32.7 Å². The molecular weight excluding hydrogens is 418 g/mol. The number of halogens is 2. The van der Waals surface area contributed by atoms with Crippen molar-refractivity contribution in [3.8, 4) is 0 Å². The first kappa shape index (κ1) is 16.8. The second kappa shape index (κ2) is 6.29. The maximum absolute atomic E-state index is 12.7. The highest BCUT2D eigenvalue weighted by Gasteiger charge is 2.24. The van der Waals surface area contributed by atoms with Gasteiger partial charge < -0.3 is 4.74 Å². The van der Waals surface area contributed by atoms with E-state index < -0.39 is 9.84 Å². The van der Waals surface area contributed by atoms with Crippen molar-refractivity contribution >= 4 is 66.0 Å². The summed E-state index contributed by atoms with van der Waals surface area (Å²) in [6.07, 6.45) is 1.26. The Morgan fingerprint density at radius 2 is 2.14 bits per heavy atom. The normalized spacial score (nSPS) is 11.4. The van der Waals surface area contributed by atoms with Crippen LogP contribution in [0.4, 0.5) is 0 Å². The van der Waals surface area contributed by atoms with E-state index in [1.54, 1.807) is 6.92 Å². The third-order valence-corrected chi connectivity index (χ3v) is 7.32. The number of ether oxygens (including phenoxy) is 1. The SMILES string of the molecule is COC(=S)c1cc(S(=O)(=O)c2cnc(Br)c(Cl)c2)c(C)s1. The summed E-state index contributed by atoms with van der Waals surface area (Å²) < 4.78 is 30.7. The van der Waals surface area contributed by atoms with Crippen LogP contribution in [-0.4, -0.2) is 25.6 Å². The van der Waals surface area contributed by atoms with Gasteiger partial charge in [0.1, 0.15) is 4.60 Å². The van der Waals surface area contributed by atoms with E-state index in [-0.39, 0.29) is 19.9 Å². The Hall–Kier alpha value is -0.540. The number of thiophene rings is 1. The van der Waals surface area contributed by atoms with Crippen molar-refractivity contribution in [3.63, 3.8) is 0 Å². The topological polar surface area (TPSA) is 56.3 Å². The van der Waals surface area contributed by atoms with Gasteiger partial charge in [0.05, 0.1) is 26.8 Å². The van der Waals surface area contributed by atoms with Gasteiger partial charge in [-0.05, 0) is 47.2 Å². The lowest BCUT2D eigenvalue weighted by atomic mass is 10.4. The van der Waals surface area contributed by atoms with E-state index in [9.17, 15) is 8.42 Å².